The monoisotopic (exact) mass is 503 g/mol. The zero-order valence-electron chi connectivity index (χ0n) is 20.5. The summed E-state index contributed by atoms with van der Waals surface area (Å²) in [5.41, 5.74) is 1.66. The lowest BCUT2D eigenvalue weighted by Gasteiger charge is -2.33. The number of para-hydroxylation sites is 1. The lowest BCUT2D eigenvalue weighted by atomic mass is 10.1. The number of benzene rings is 2. The van der Waals surface area contributed by atoms with E-state index < -0.39 is 34.3 Å². The maximum atomic E-state index is 14.5. The summed E-state index contributed by atoms with van der Waals surface area (Å²) in [6.45, 7) is 3.29. The van der Waals surface area contributed by atoms with Gasteiger partial charge in [0.25, 0.3) is 0 Å². The number of halogens is 1. The normalized spacial score (nSPS) is 15.0. The second-order valence-electron chi connectivity index (χ2n) is 9.14. The second-order valence-corrected chi connectivity index (χ2v) is 11.0. The number of amides is 2. The van der Waals surface area contributed by atoms with Gasteiger partial charge in [-0.05, 0) is 43.9 Å². The minimum atomic E-state index is -3.97. The lowest BCUT2D eigenvalue weighted by molar-refractivity contribution is -0.140. The Balaban J connectivity index is 1.92. The van der Waals surface area contributed by atoms with E-state index in [4.69, 9.17) is 0 Å². The van der Waals surface area contributed by atoms with Gasteiger partial charge in [0.1, 0.15) is 18.4 Å². The van der Waals surface area contributed by atoms with Crippen molar-refractivity contribution in [1.29, 1.82) is 0 Å². The van der Waals surface area contributed by atoms with E-state index >= 15 is 0 Å². The van der Waals surface area contributed by atoms with E-state index in [1.165, 1.54) is 23.1 Å². The molecule has 1 saturated carbocycles. The fourth-order valence-corrected chi connectivity index (χ4v) is 5.28. The van der Waals surface area contributed by atoms with E-state index in [1.54, 1.807) is 0 Å². The summed E-state index contributed by atoms with van der Waals surface area (Å²) in [6.07, 6.45) is 5.21. The van der Waals surface area contributed by atoms with E-state index in [1.807, 2.05) is 38.1 Å². The van der Waals surface area contributed by atoms with E-state index in [-0.39, 0.29) is 24.2 Å². The molecule has 0 radical (unpaired) electrons. The van der Waals surface area contributed by atoms with Gasteiger partial charge in [0, 0.05) is 12.6 Å². The molecule has 2 aromatic carbocycles. The number of anilines is 1. The SMILES string of the molecule is CC[C@@H](C(=O)NC1CCCC1)N(Cc1ccc(C)cc1)C(=O)CN(c1ccccc1F)S(C)(=O)=O. The van der Waals surface area contributed by atoms with Gasteiger partial charge in [-0.2, -0.15) is 0 Å². The number of hydrogen-bond acceptors (Lipinski definition) is 4. The Morgan fingerprint density at radius 3 is 2.29 bits per heavy atom. The summed E-state index contributed by atoms with van der Waals surface area (Å²) in [6, 6.07) is 12.3. The van der Waals surface area contributed by atoms with Crippen molar-refractivity contribution in [2.45, 2.75) is 64.6 Å². The summed E-state index contributed by atoms with van der Waals surface area (Å²) < 4.78 is 40.4. The Kier molecular flexibility index (Phi) is 8.88. The van der Waals surface area contributed by atoms with Crippen LogP contribution in [0.2, 0.25) is 0 Å². The van der Waals surface area contributed by atoms with Crippen molar-refractivity contribution in [3.05, 3.63) is 65.5 Å². The van der Waals surface area contributed by atoms with Crippen LogP contribution in [0, 0.1) is 12.7 Å². The molecule has 1 fully saturated rings. The molecule has 0 unspecified atom stereocenters. The molecule has 0 bridgehead atoms. The Bertz CT molecular complexity index is 1130. The summed E-state index contributed by atoms with van der Waals surface area (Å²) in [5.74, 6) is -1.58. The maximum absolute atomic E-state index is 14.5. The fraction of sp³-hybridized carbons (Fsp3) is 0.462. The molecule has 1 aliphatic rings. The van der Waals surface area contributed by atoms with Gasteiger partial charge in [0.05, 0.1) is 11.9 Å². The van der Waals surface area contributed by atoms with Crippen molar-refractivity contribution in [2.24, 2.45) is 0 Å². The van der Waals surface area contributed by atoms with E-state index in [9.17, 15) is 22.4 Å². The lowest BCUT2D eigenvalue weighted by Crippen LogP contribution is -2.53. The Hall–Kier alpha value is -2.94. The zero-order valence-corrected chi connectivity index (χ0v) is 21.4. The average molecular weight is 504 g/mol. The molecule has 0 saturated heterocycles. The zero-order chi connectivity index (χ0) is 25.6. The number of carbonyl (C=O) groups is 2. The topological polar surface area (TPSA) is 86.8 Å². The number of aryl methyl sites for hydroxylation is 1. The third-order valence-corrected chi connectivity index (χ3v) is 7.49. The highest BCUT2D eigenvalue weighted by Crippen LogP contribution is 2.23. The molecular weight excluding hydrogens is 469 g/mol. The van der Waals surface area contributed by atoms with Gasteiger partial charge in [0.15, 0.2) is 0 Å². The first kappa shape index (κ1) is 26.7. The molecule has 1 aliphatic carbocycles. The van der Waals surface area contributed by atoms with Gasteiger partial charge in [-0.1, -0.05) is 61.7 Å². The summed E-state index contributed by atoms with van der Waals surface area (Å²) in [7, 11) is -3.97. The molecule has 2 amide bonds. The van der Waals surface area contributed by atoms with Crippen molar-refractivity contribution in [3.63, 3.8) is 0 Å². The summed E-state index contributed by atoms with van der Waals surface area (Å²) in [4.78, 5) is 28.3. The third-order valence-electron chi connectivity index (χ3n) is 6.36. The van der Waals surface area contributed by atoms with Crippen LogP contribution in [0.25, 0.3) is 0 Å². The highest BCUT2D eigenvalue weighted by atomic mass is 32.2. The van der Waals surface area contributed by atoms with Crippen molar-refractivity contribution in [2.75, 3.05) is 17.1 Å². The first-order chi connectivity index (χ1) is 16.6. The quantitative estimate of drug-likeness (QED) is 0.535. The van der Waals surface area contributed by atoms with Crippen LogP contribution >= 0.6 is 0 Å². The molecule has 0 aliphatic heterocycles. The average Bonchev–Trinajstić information content (AvgIpc) is 3.31. The van der Waals surface area contributed by atoms with Gasteiger partial charge in [-0.25, -0.2) is 12.8 Å². The van der Waals surface area contributed by atoms with Crippen LogP contribution in [-0.2, 0) is 26.2 Å². The maximum Gasteiger partial charge on any atom is 0.244 e. The van der Waals surface area contributed by atoms with E-state index in [0.29, 0.717) is 6.42 Å². The highest BCUT2D eigenvalue weighted by Gasteiger charge is 2.33. The molecule has 7 nitrogen and oxygen atoms in total. The number of nitrogens with one attached hydrogen (secondary N) is 1. The van der Waals surface area contributed by atoms with Crippen molar-refractivity contribution in [3.8, 4) is 0 Å². The number of sulfonamides is 1. The van der Waals surface area contributed by atoms with Crippen LogP contribution < -0.4 is 9.62 Å². The van der Waals surface area contributed by atoms with Gasteiger partial charge in [-0.3, -0.25) is 13.9 Å². The van der Waals surface area contributed by atoms with Crippen molar-refractivity contribution in [1.82, 2.24) is 10.2 Å². The van der Waals surface area contributed by atoms with Crippen LogP contribution in [0.5, 0.6) is 0 Å². The molecule has 1 N–H and O–H groups in total. The summed E-state index contributed by atoms with van der Waals surface area (Å²) in [5, 5.41) is 3.06. The predicted molar refractivity (Wildman–Crippen MR) is 135 cm³/mol. The molecule has 9 heteroatoms. The molecular formula is C26H34FN3O4S. The molecule has 190 valence electrons. The molecule has 0 spiro atoms. The van der Waals surface area contributed by atoms with Crippen LogP contribution in [0.1, 0.15) is 50.2 Å². The van der Waals surface area contributed by atoms with E-state index in [2.05, 4.69) is 5.32 Å². The Labute approximate surface area is 207 Å². The predicted octanol–water partition coefficient (Wildman–Crippen LogP) is 3.77. The molecule has 35 heavy (non-hydrogen) atoms. The largest absolute Gasteiger partial charge is 0.352 e. The number of nitrogens with zero attached hydrogens (tertiary/aromatic N) is 2. The third kappa shape index (κ3) is 7.04. The fourth-order valence-electron chi connectivity index (χ4n) is 4.43. The number of carbonyl (C=O) groups excluding carboxylic acids is 2. The number of rotatable bonds is 10. The minimum absolute atomic E-state index is 0.0822. The summed E-state index contributed by atoms with van der Waals surface area (Å²) >= 11 is 0. The minimum Gasteiger partial charge on any atom is -0.352 e. The number of hydrogen-bond donors (Lipinski definition) is 1. The van der Waals surface area contributed by atoms with Gasteiger partial charge >= 0.3 is 0 Å². The first-order valence-electron chi connectivity index (χ1n) is 12.0. The van der Waals surface area contributed by atoms with Gasteiger partial charge < -0.3 is 10.2 Å². The molecule has 0 heterocycles. The van der Waals surface area contributed by atoms with Crippen LogP contribution in [0.15, 0.2) is 48.5 Å². The highest BCUT2D eigenvalue weighted by molar-refractivity contribution is 7.92. The van der Waals surface area contributed by atoms with Crippen LogP contribution in [0.3, 0.4) is 0 Å². The standard InChI is InChI=1S/C26H34FN3O4S/c1-4-23(26(32)28-21-9-5-6-10-21)29(17-20-15-13-19(2)14-16-20)25(31)18-30(35(3,33)34)24-12-8-7-11-22(24)27/h7-8,11-16,21,23H,4-6,9-10,17-18H2,1-3H3,(H,28,32)/t23-/m0/s1. The second kappa shape index (κ2) is 11.7. The molecule has 0 aromatic heterocycles. The molecule has 1 atom stereocenters. The Morgan fingerprint density at radius 1 is 1.09 bits per heavy atom. The smallest absolute Gasteiger partial charge is 0.244 e. The van der Waals surface area contributed by atoms with E-state index in [0.717, 1.165) is 53.4 Å². The van der Waals surface area contributed by atoms with Gasteiger partial charge in [-0.15, -0.1) is 0 Å². The Morgan fingerprint density at radius 2 is 1.71 bits per heavy atom. The van der Waals surface area contributed by atoms with Crippen LogP contribution in [0.4, 0.5) is 10.1 Å². The first-order valence-corrected chi connectivity index (χ1v) is 13.8. The molecule has 3 rings (SSSR count). The molecule has 2 aromatic rings. The van der Waals surface area contributed by atoms with Crippen molar-refractivity contribution >= 4 is 27.5 Å². The van der Waals surface area contributed by atoms with Crippen LogP contribution in [-0.4, -0.2) is 50.0 Å². The van der Waals surface area contributed by atoms with Gasteiger partial charge in [0.2, 0.25) is 21.8 Å². The van der Waals surface area contributed by atoms with Crippen molar-refractivity contribution < 1.29 is 22.4 Å².